The number of fused-ring (bicyclic) bond motifs is 1. The lowest BCUT2D eigenvalue weighted by Crippen LogP contribution is -2.52. The maximum absolute atomic E-state index is 13.1. The number of halogens is 2. The normalized spacial score (nSPS) is 16.6. The van der Waals surface area contributed by atoms with E-state index < -0.39 is 5.97 Å². The van der Waals surface area contributed by atoms with Crippen molar-refractivity contribution in [1.82, 2.24) is 4.90 Å². The molecule has 0 aromatic heterocycles. The molecule has 0 unspecified atom stereocenters. The highest BCUT2D eigenvalue weighted by molar-refractivity contribution is 6.31. The predicted molar refractivity (Wildman–Crippen MR) is 104 cm³/mol. The van der Waals surface area contributed by atoms with E-state index >= 15 is 0 Å². The van der Waals surface area contributed by atoms with E-state index in [1.165, 1.54) is 12.1 Å². The van der Waals surface area contributed by atoms with Gasteiger partial charge in [-0.15, -0.1) is 0 Å². The Bertz CT molecular complexity index is 898. The number of benzene rings is 2. The van der Waals surface area contributed by atoms with Gasteiger partial charge in [-0.05, 0) is 42.5 Å². The van der Waals surface area contributed by atoms with Gasteiger partial charge in [0.15, 0.2) is 5.75 Å². The maximum Gasteiger partial charge on any atom is 0.331 e. The van der Waals surface area contributed by atoms with Crippen LogP contribution in [0.3, 0.4) is 0 Å². The first kappa shape index (κ1) is 18.6. The van der Waals surface area contributed by atoms with E-state index in [-0.39, 0.29) is 24.8 Å². The molecule has 2 aliphatic heterocycles. The first-order chi connectivity index (χ1) is 13.5. The molecule has 0 spiro atoms. The summed E-state index contributed by atoms with van der Waals surface area (Å²) in [6, 6.07) is 11.3. The molecule has 0 atom stereocenters. The molecule has 2 aromatic carbocycles. The van der Waals surface area contributed by atoms with Crippen LogP contribution in [0.5, 0.6) is 5.75 Å². The van der Waals surface area contributed by atoms with Crippen molar-refractivity contribution in [2.75, 3.05) is 49.1 Å². The van der Waals surface area contributed by atoms with Crippen molar-refractivity contribution in [3.63, 3.8) is 0 Å². The van der Waals surface area contributed by atoms with Crippen molar-refractivity contribution in [2.45, 2.75) is 0 Å². The fourth-order valence-electron chi connectivity index (χ4n) is 3.49. The van der Waals surface area contributed by atoms with Crippen LogP contribution in [0, 0.1) is 5.82 Å². The van der Waals surface area contributed by atoms with Crippen LogP contribution in [-0.2, 0) is 9.59 Å². The van der Waals surface area contributed by atoms with E-state index in [4.69, 9.17) is 16.3 Å². The largest absolute Gasteiger partial charge is 0.423 e. The van der Waals surface area contributed by atoms with Crippen LogP contribution in [0.2, 0.25) is 5.02 Å². The van der Waals surface area contributed by atoms with Gasteiger partial charge in [-0.2, -0.15) is 0 Å². The Morgan fingerprint density at radius 3 is 2.50 bits per heavy atom. The molecule has 1 amide bonds. The van der Waals surface area contributed by atoms with E-state index in [9.17, 15) is 14.0 Å². The highest BCUT2D eigenvalue weighted by Gasteiger charge is 2.29. The molecule has 1 fully saturated rings. The van der Waals surface area contributed by atoms with Crippen molar-refractivity contribution >= 4 is 34.9 Å². The molecule has 0 saturated carbocycles. The minimum absolute atomic E-state index is 0.00856. The van der Waals surface area contributed by atoms with Crippen LogP contribution < -0.4 is 14.5 Å². The molecule has 0 radical (unpaired) electrons. The monoisotopic (exact) mass is 403 g/mol. The summed E-state index contributed by atoms with van der Waals surface area (Å²) in [7, 11) is 0. The summed E-state index contributed by atoms with van der Waals surface area (Å²) >= 11 is 6.06. The molecule has 1 saturated heterocycles. The van der Waals surface area contributed by atoms with Crippen molar-refractivity contribution in [1.29, 1.82) is 0 Å². The number of piperazine rings is 1. The van der Waals surface area contributed by atoms with Gasteiger partial charge in [0.2, 0.25) is 5.91 Å². The fourth-order valence-corrected chi connectivity index (χ4v) is 3.66. The second kappa shape index (κ2) is 7.67. The fraction of sp³-hybridized carbons (Fsp3) is 0.300. The van der Waals surface area contributed by atoms with Gasteiger partial charge in [0.05, 0.1) is 12.2 Å². The summed E-state index contributed by atoms with van der Waals surface area (Å²) < 4.78 is 18.3. The van der Waals surface area contributed by atoms with Gasteiger partial charge in [0, 0.05) is 36.9 Å². The van der Waals surface area contributed by atoms with Crippen LogP contribution in [-0.4, -0.2) is 56.0 Å². The minimum Gasteiger partial charge on any atom is -0.423 e. The van der Waals surface area contributed by atoms with Crippen molar-refractivity contribution in [3.8, 4) is 5.75 Å². The number of nitrogens with zero attached hydrogens (tertiary/aromatic N) is 3. The third-order valence-electron chi connectivity index (χ3n) is 4.96. The lowest BCUT2D eigenvalue weighted by atomic mass is 10.2. The van der Waals surface area contributed by atoms with Gasteiger partial charge in [0.25, 0.3) is 0 Å². The SMILES string of the molecule is O=C1CN(CC(=O)N2CCN(c3ccc(F)cc3)CC2)c2cc(Cl)ccc2O1. The Morgan fingerprint density at radius 1 is 1.07 bits per heavy atom. The number of ether oxygens (including phenoxy) is 1. The molecule has 2 aromatic rings. The van der Waals surface area contributed by atoms with E-state index in [2.05, 4.69) is 4.90 Å². The molecule has 146 valence electrons. The molecule has 0 N–H and O–H groups in total. The van der Waals surface area contributed by atoms with Gasteiger partial charge in [-0.25, -0.2) is 9.18 Å². The summed E-state index contributed by atoms with van der Waals surface area (Å²) in [6.07, 6.45) is 0. The van der Waals surface area contributed by atoms with Crippen LogP contribution >= 0.6 is 11.6 Å². The molecule has 6 nitrogen and oxygen atoms in total. The first-order valence-corrected chi connectivity index (χ1v) is 9.41. The van der Waals surface area contributed by atoms with Gasteiger partial charge in [-0.3, -0.25) is 4.79 Å². The van der Waals surface area contributed by atoms with Crippen LogP contribution in [0.4, 0.5) is 15.8 Å². The summed E-state index contributed by atoms with van der Waals surface area (Å²) in [4.78, 5) is 30.2. The Kier molecular flexibility index (Phi) is 5.09. The second-order valence-electron chi connectivity index (χ2n) is 6.79. The number of rotatable bonds is 3. The summed E-state index contributed by atoms with van der Waals surface area (Å²) in [6.45, 7) is 2.56. The second-order valence-corrected chi connectivity index (χ2v) is 7.22. The highest BCUT2D eigenvalue weighted by Crippen LogP contribution is 2.34. The van der Waals surface area contributed by atoms with E-state index in [0.717, 1.165) is 5.69 Å². The minimum atomic E-state index is -0.399. The number of hydrogen-bond donors (Lipinski definition) is 0. The molecule has 8 heteroatoms. The zero-order valence-corrected chi connectivity index (χ0v) is 15.9. The van der Waals surface area contributed by atoms with Crippen LogP contribution in [0.25, 0.3) is 0 Å². The van der Waals surface area contributed by atoms with Crippen molar-refractivity contribution in [2.24, 2.45) is 0 Å². The van der Waals surface area contributed by atoms with E-state index in [0.29, 0.717) is 42.6 Å². The van der Waals surface area contributed by atoms with Crippen molar-refractivity contribution in [3.05, 3.63) is 53.3 Å². The third-order valence-corrected chi connectivity index (χ3v) is 5.19. The zero-order valence-electron chi connectivity index (χ0n) is 15.1. The molecule has 28 heavy (non-hydrogen) atoms. The lowest BCUT2D eigenvalue weighted by Gasteiger charge is -2.37. The Labute approximate surface area is 167 Å². The lowest BCUT2D eigenvalue weighted by molar-refractivity contribution is -0.133. The number of anilines is 2. The highest BCUT2D eigenvalue weighted by atomic mass is 35.5. The summed E-state index contributed by atoms with van der Waals surface area (Å²) in [5.74, 6) is -0.310. The van der Waals surface area contributed by atoms with Gasteiger partial charge in [-0.1, -0.05) is 11.6 Å². The van der Waals surface area contributed by atoms with Crippen LogP contribution in [0.1, 0.15) is 0 Å². The number of amides is 1. The molecular formula is C20H19ClFN3O3. The van der Waals surface area contributed by atoms with Gasteiger partial charge >= 0.3 is 5.97 Å². The Hall–Kier alpha value is -2.80. The smallest absolute Gasteiger partial charge is 0.331 e. The molecule has 2 aliphatic rings. The average molecular weight is 404 g/mol. The third kappa shape index (κ3) is 3.89. The average Bonchev–Trinajstić information content (AvgIpc) is 2.69. The van der Waals surface area contributed by atoms with E-state index in [1.807, 2.05) is 0 Å². The quantitative estimate of drug-likeness (QED) is 0.582. The molecule has 0 aliphatic carbocycles. The van der Waals surface area contributed by atoms with E-state index in [1.54, 1.807) is 40.1 Å². The molecule has 2 heterocycles. The number of esters is 1. The maximum atomic E-state index is 13.1. The van der Waals surface area contributed by atoms with Gasteiger partial charge in [0.1, 0.15) is 12.4 Å². The van der Waals surface area contributed by atoms with Gasteiger partial charge < -0.3 is 19.4 Å². The Balaban J connectivity index is 1.39. The number of carbonyl (C=O) groups excluding carboxylic acids is 2. The first-order valence-electron chi connectivity index (χ1n) is 9.03. The van der Waals surface area contributed by atoms with Crippen LogP contribution in [0.15, 0.2) is 42.5 Å². The van der Waals surface area contributed by atoms with Crippen molar-refractivity contribution < 1.29 is 18.7 Å². The standard InChI is InChI=1S/C20H19ClFN3O3/c21-14-1-6-18-17(11-14)25(13-20(27)28-18)12-19(26)24-9-7-23(8-10-24)16-4-2-15(22)3-5-16/h1-6,11H,7-10,12-13H2. The molecule has 4 rings (SSSR count). The zero-order chi connectivity index (χ0) is 19.7. The number of hydrogen-bond acceptors (Lipinski definition) is 5. The predicted octanol–water partition coefficient (Wildman–Crippen LogP) is 2.55. The summed E-state index contributed by atoms with van der Waals surface area (Å²) in [5, 5.41) is 0.516. The Morgan fingerprint density at radius 2 is 1.79 bits per heavy atom. The molecular weight excluding hydrogens is 385 g/mol. The topological polar surface area (TPSA) is 53.1 Å². The summed E-state index contributed by atoms with van der Waals surface area (Å²) in [5.41, 5.74) is 1.58. The number of carbonyl (C=O) groups is 2. The molecule has 0 bridgehead atoms.